The third kappa shape index (κ3) is 5.33. The Hall–Kier alpha value is -1.84. The molecule has 0 saturated carbocycles. The van der Waals surface area contributed by atoms with Crippen LogP contribution in [0.4, 0.5) is 14.5 Å². The van der Waals surface area contributed by atoms with Crippen LogP contribution < -0.4 is 15.5 Å². The summed E-state index contributed by atoms with van der Waals surface area (Å²) in [5, 5.41) is 6.64. The highest BCUT2D eigenvalue weighted by atomic mass is 127. The molecule has 2 N–H and O–H groups in total. The summed E-state index contributed by atoms with van der Waals surface area (Å²) in [4.78, 5) is 6.17. The number of aryl methyl sites for hydroxylation is 2. The van der Waals surface area contributed by atoms with Gasteiger partial charge in [-0.25, -0.2) is 8.78 Å². The minimum absolute atomic E-state index is 0. The van der Waals surface area contributed by atoms with Gasteiger partial charge in [-0.2, -0.15) is 0 Å². The van der Waals surface area contributed by atoms with Gasteiger partial charge in [0.1, 0.15) is 23.2 Å². The van der Waals surface area contributed by atoms with Gasteiger partial charge in [-0.3, -0.25) is 4.99 Å². The average Bonchev–Trinajstić information content (AvgIpc) is 3.17. The lowest BCUT2D eigenvalue weighted by Crippen LogP contribution is -2.44. The van der Waals surface area contributed by atoms with Crippen molar-refractivity contribution in [2.24, 2.45) is 4.99 Å². The lowest BCUT2D eigenvalue weighted by atomic mass is 10.2. The van der Waals surface area contributed by atoms with E-state index in [9.17, 15) is 8.78 Å². The minimum atomic E-state index is -0.561. The first-order valence-corrected chi connectivity index (χ1v) is 8.69. The molecule has 0 bridgehead atoms. The maximum atomic E-state index is 14.0. The number of guanidine groups is 1. The highest BCUT2D eigenvalue weighted by Gasteiger charge is 2.25. The summed E-state index contributed by atoms with van der Waals surface area (Å²) in [5.41, 5.74) is 1.52. The van der Waals surface area contributed by atoms with Gasteiger partial charge >= 0.3 is 0 Å². The van der Waals surface area contributed by atoms with Gasteiger partial charge < -0.3 is 20.0 Å². The number of anilines is 1. The quantitative estimate of drug-likeness (QED) is 0.390. The van der Waals surface area contributed by atoms with E-state index < -0.39 is 11.6 Å². The van der Waals surface area contributed by atoms with Crippen LogP contribution in [0.3, 0.4) is 0 Å². The monoisotopic (exact) mass is 490 g/mol. The second kappa shape index (κ2) is 9.38. The fourth-order valence-corrected chi connectivity index (χ4v) is 3.26. The van der Waals surface area contributed by atoms with Crippen molar-refractivity contribution in [1.29, 1.82) is 0 Å². The first-order chi connectivity index (χ1) is 12.5. The summed E-state index contributed by atoms with van der Waals surface area (Å²) in [6, 6.07) is 5.84. The Kier molecular flexibility index (Phi) is 7.46. The second-order valence-electron chi connectivity index (χ2n) is 6.54. The van der Waals surface area contributed by atoms with Crippen molar-refractivity contribution >= 4 is 35.6 Å². The summed E-state index contributed by atoms with van der Waals surface area (Å²) in [5.74, 6) is 1.38. The van der Waals surface area contributed by atoms with Gasteiger partial charge in [-0.1, -0.05) is 0 Å². The molecule has 0 amide bonds. The molecule has 1 atom stereocenters. The Morgan fingerprint density at radius 3 is 2.70 bits per heavy atom. The van der Waals surface area contributed by atoms with Crippen molar-refractivity contribution in [1.82, 2.24) is 10.6 Å². The highest BCUT2D eigenvalue weighted by molar-refractivity contribution is 14.0. The zero-order valence-electron chi connectivity index (χ0n) is 15.7. The maximum absolute atomic E-state index is 14.0. The van der Waals surface area contributed by atoms with Gasteiger partial charge in [0, 0.05) is 44.4 Å². The third-order valence-corrected chi connectivity index (χ3v) is 4.59. The lowest BCUT2D eigenvalue weighted by molar-refractivity contribution is 0.500. The normalized spacial score (nSPS) is 17.0. The largest absolute Gasteiger partial charge is 0.466 e. The summed E-state index contributed by atoms with van der Waals surface area (Å²) in [6.07, 6.45) is 0.849. The van der Waals surface area contributed by atoms with E-state index in [0.717, 1.165) is 29.6 Å². The molecule has 1 unspecified atom stereocenters. The molecule has 1 saturated heterocycles. The number of furan rings is 1. The maximum Gasteiger partial charge on any atom is 0.191 e. The molecule has 0 spiro atoms. The fraction of sp³-hybridized carbons (Fsp3) is 0.421. The molecule has 1 aliphatic rings. The molecule has 8 heteroatoms. The van der Waals surface area contributed by atoms with Crippen molar-refractivity contribution < 1.29 is 13.2 Å². The first kappa shape index (κ1) is 21.5. The predicted octanol–water partition coefficient (Wildman–Crippen LogP) is 3.74. The average molecular weight is 490 g/mol. The van der Waals surface area contributed by atoms with Gasteiger partial charge in [0.05, 0.1) is 5.69 Å². The number of rotatable bonds is 4. The molecule has 5 nitrogen and oxygen atoms in total. The Morgan fingerprint density at radius 2 is 2.07 bits per heavy atom. The summed E-state index contributed by atoms with van der Waals surface area (Å²) < 4.78 is 32.6. The van der Waals surface area contributed by atoms with Crippen molar-refractivity contribution in [2.45, 2.75) is 32.9 Å². The van der Waals surface area contributed by atoms with E-state index in [-0.39, 0.29) is 30.0 Å². The van der Waals surface area contributed by atoms with E-state index in [0.29, 0.717) is 31.3 Å². The van der Waals surface area contributed by atoms with Gasteiger partial charge in [0.2, 0.25) is 0 Å². The first-order valence-electron chi connectivity index (χ1n) is 8.69. The molecule has 2 aromatic rings. The van der Waals surface area contributed by atoms with Crippen LogP contribution in [0, 0.1) is 25.5 Å². The Balaban J connectivity index is 0.00000261. The molecule has 0 aliphatic carbocycles. The van der Waals surface area contributed by atoms with Gasteiger partial charge in [0.25, 0.3) is 0 Å². The van der Waals surface area contributed by atoms with Gasteiger partial charge in [-0.05, 0) is 38.5 Å². The molecule has 3 rings (SSSR count). The van der Waals surface area contributed by atoms with Crippen molar-refractivity contribution in [3.8, 4) is 0 Å². The smallest absolute Gasteiger partial charge is 0.191 e. The van der Waals surface area contributed by atoms with E-state index in [1.54, 1.807) is 7.05 Å². The number of hydrogen-bond donors (Lipinski definition) is 2. The van der Waals surface area contributed by atoms with Crippen LogP contribution in [0.5, 0.6) is 0 Å². The van der Waals surface area contributed by atoms with Crippen LogP contribution in [0.15, 0.2) is 33.7 Å². The number of benzene rings is 1. The predicted molar refractivity (Wildman–Crippen MR) is 114 cm³/mol. The number of aliphatic imine (C=N–C) groups is 1. The summed E-state index contributed by atoms with van der Waals surface area (Å²) >= 11 is 0. The third-order valence-electron chi connectivity index (χ3n) is 4.59. The van der Waals surface area contributed by atoms with Crippen LogP contribution >= 0.6 is 24.0 Å². The zero-order chi connectivity index (χ0) is 18.7. The lowest BCUT2D eigenvalue weighted by Gasteiger charge is -2.21. The van der Waals surface area contributed by atoms with Gasteiger partial charge in [0.15, 0.2) is 5.96 Å². The number of nitrogens with one attached hydrogen (secondary N) is 2. The molecule has 1 aromatic heterocycles. The summed E-state index contributed by atoms with van der Waals surface area (Å²) in [6.45, 7) is 5.81. The Morgan fingerprint density at radius 1 is 1.30 bits per heavy atom. The molecule has 1 aliphatic heterocycles. The van der Waals surface area contributed by atoms with Crippen molar-refractivity contribution in [3.05, 3.63) is 53.0 Å². The topological polar surface area (TPSA) is 52.8 Å². The molecule has 1 aromatic carbocycles. The van der Waals surface area contributed by atoms with E-state index in [4.69, 9.17) is 4.42 Å². The summed E-state index contributed by atoms with van der Waals surface area (Å²) in [7, 11) is 1.72. The van der Waals surface area contributed by atoms with Crippen LogP contribution in [0.2, 0.25) is 0 Å². The molecular weight excluding hydrogens is 465 g/mol. The van der Waals surface area contributed by atoms with Gasteiger partial charge in [-0.15, -0.1) is 24.0 Å². The second-order valence-corrected chi connectivity index (χ2v) is 6.54. The van der Waals surface area contributed by atoms with Crippen molar-refractivity contribution in [2.75, 3.05) is 25.0 Å². The number of hydrogen-bond acceptors (Lipinski definition) is 3. The molecule has 1 fully saturated rings. The van der Waals surface area contributed by atoms with E-state index >= 15 is 0 Å². The molecule has 2 heterocycles. The highest BCUT2D eigenvalue weighted by Crippen LogP contribution is 2.24. The van der Waals surface area contributed by atoms with E-state index in [2.05, 4.69) is 15.6 Å². The SMILES string of the molecule is CN=C(NCc1cc(C)oc1C)NC1CCN(c2ccc(F)cc2F)C1.I. The van der Waals surface area contributed by atoms with Crippen molar-refractivity contribution in [3.63, 3.8) is 0 Å². The van der Waals surface area contributed by atoms with Crippen LogP contribution in [0.1, 0.15) is 23.5 Å². The molecule has 0 radical (unpaired) electrons. The molecular formula is C19H25F2IN4O. The minimum Gasteiger partial charge on any atom is -0.466 e. The van der Waals surface area contributed by atoms with E-state index in [1.165, 1.54) is 12.1 Å². The number of halogens is 3. The Labute approximate surface area is 175 Å². The van der Waals surface area contributed by atoms with E-state index in [1.807, 2.05) is 24.8 Å². The standard InChI is InChI=1S/C19H24F2N4O.HI/c1-12-8-14(13(2)26-12)10-23-19(22-3)24-16-6-7-25(11-16)18-5-4-15(20)9-17(18)21;/h4-5,8-9,16H,6-7,10-11H2,1-3H3,(H2,22,23,24);1H. The van der Waals surface area contributed by atoms with Crippen LogP contribution in [-0.2, 0) is 6.54 Å². The number of nitrogens with zero attached hydrogens (tertiary/aromatic N) is 2. The molecule has 148 valence electrons. The molecule has 27 heavy (non-hydrogen) atoms. The fourth-order valence-electron chi connectivity index (χ4n) is 3.26. The Bertz CT molecular complexity index is 809. The van der Waals surface area contributed by atoms with Crippen LogP contribution in [0.25, 0.3) is 0 Å². The zero-order valence-corrected chi connectivity index (χ0v) is 18.0. The van der Waals surface area contributed by atoms with Crippen LogP contribution in [-0.4, -0.2) is 32.1 Å².